The van der Waals surface area contributed by atoms with Crippen molar-refractivity contribution in [3.05, 3.63) is 0 Å². The van der Waals surface area contributed by atoms with E-state index in [2.05, 4.69) is 31.9 Å². The van der Waals surface area contributed by atoms with Crippen LogP contribution in [0.3, 0.4) is 0 Å². The van der Waals surface area contributed by atoms with Crippen LogP contribution in [0.2, 0.25) is 0 Å². The Morgan fingerprint density at radius 1 is 1.67 bits per heavy atom. The Kier molecular flexibility index (Phi) is 4.43. The van der Waals surface area contributed by atoms with Crippen LogP contribution in [-0.2, 0) is 4.79 Å². The molecule has 5 heteroatoms. The lowest BCUT2D eigenvalue weighted by atomic mass is 10.3. The molecule has 0 saturated heterocycles. The molecule has 0 amide bonds. The summed E-state index contributed by atoms with van der Waals surface area (Å²) in [7, 11) is 0. The van der Waals surface area contributed by atoms with Crippen LogP contribution in [0.5, 0.6) is 0 Å². The molecular formula is C4H7Br2NO2. The molecule has 0 aliphatic rings. The molecule has 3 N–H and O–H groups in total. The Bertz CT molecular complexity index is 109. The third-order valence-electron chi connectivity index (χ3n) is 0.779. The van der Waals surface area contributed by atoms with E-state index in [-0.39, 0.29) is 4.83 Å². The molecule has 0 saturated carbocycles. The summed E-state index contributed by atoms with van der Waals surface area (Å²) >= 11 is 6.03. The van der Waals surface area contributed by atoms with Gasteiger partial charge in [0.1, 0.15) is 4.83 Å². The highest BCUT2D eigenvalue weighted by atomic mass is 79.9. The molecule has 0 aliphatic carbocycles. The topological polar surface area (TPSA) is 63.3 Å². The third-order valence-corrected chi connectivity index (χ3v) is 3.42. The number of rotatable bonds is 3. The smallest absolute Gasteiger partial charge is 0.318 e. The fraction of sp³-hybridized carbons (Fsp3) is 0.750. The first kappa shape index (κ1) is 9.39. The van der Waals surface area contributed by atoms with Gasteiger partial charge >= 0.3 is 5.97 Å². The SMILES string of the molecule is NCC(Br)C(Br)C(=O)O. The van der Waals surface area contributed by atoms with Gasteiger partial charge in [0, 0.05) is 11.4 Å². The minimum atomic E-state index is -0.901. The Morgan fingerprint density at radius 3 is 2.22 bits per heavy atom. The summed E-state index contributed by atoms with van der Waals surface area (Å²) in [4.78, 5) is 9.37. The zero-order valence-electron chi connectivity index (χ0n) is 4.55. The van der Waals surface area contributed by atoms with E-state index in [4.69, 9.17) is 10.8 Å². The predicted octanol–water partition coefficient (Wildman–Crippen LogP) is 0.557. The minimum Gasteiger partial charge on any atom is -0.480 e. The van der Waals surface area contributed by atoms with Gasteiger partial charge in [0.05, 0.1) is 0 Å². The van der Waals surface area contributed by atoms with Crippen molar-refractivity contribution in [3.8, 4) is 0 Å². The van der Waals surface area contributed by atoms with Gasteiger partial charge in [-0.05, 0) is 0 Å². The summed E-state index contributed by atoms with van der Waals surface area (Å²) in [6.45, 7) is 0.308. The van der Waals surface area contributed by atoms with Crippen molar-refractivity contribution in [1.29, 1.82) is 0 Å². The van der Waals surface area contributed by atoms with Gasteiger partial charge in [-0.25, -0.2) is 0 Å². The summed E-state index contributed by atoms with van der Waals surface area (Å²) in [5, 5.41) is 8.35. The molecule has 0 fully saturated rings. The van der Waals surface area contributed by atoms with Gasteiger partial charge in [-0.3, -0.25) is 4.79 Å². The van der Waals surface area contributed by atoms with Gasteiger partial charge in [-0.2, -0.15) is 0 Å². The Morgan fingerprint density at radius 2 is 2.11 bits per heavy atom. The number of halogens is 2. The van der Waals surface area contributed by atoms with Crippen LogP contribution >= 0.6 is 31.9 Å². The molecule has 9 heavy (non-hydrogen) atoms. The van der Waals surface area contributed by atoms with Crippen molar-refractivity contribution in [2.75, 3.05) is 6.54 Å². The Balaban J connectivity index is 3.72. The first-order valence-corrected chi connectivity index (χ1v) is 4.13. The average Bonchev–Trinajstić information content (AvgIpc) is 1.84. The fourth-order valence-corrected chi connectivity index (χ4v) is 0.716. The van der Waals surface area contributed by atoms with Gasteiger partial charge in [0.15, 0.2) is 0 Å². The van der Waals surface area contributed by atoms with Crippen LogP contribution in [0.15, 0.2) is 0 Å². The molecule has 0 heterocycles. The molecule has 2 atom stereocenters. The molecule has 0 aromatic rings. The molecule has 0 radical (unpaired) electrons. The maximum atomic E-state index is 10.2. The van der Waals surface area contributed by atoms with Gasteiger partial charge < -0.3 is 10.8 Å². The number of aliphatic carboxylic acids is 1. The summed E-state index contributed by atoms with van der Waals surface area (Å²) in [6.07, 6.45) is 0. The van der Waals surface area contributed by atoms with Crippen LogP contribution in [0.1, 0.15) is 0 Å². The van der Waals surface area contributed by atoms with Gasteiger partial charge in [-0.15, -0.1) is 0 Å². The monoisotopic (exact) mass is 259 g/mol. The molecule has 3 nitrogen and oxygen atoms in total. The lowest BCUT2D eigenvalue weighted by molar-refractivity contribution is -0.136. The second-order valence-corrected chi connectivity index (χ2v) is 3.65. The number of carboxylic acid groups (broad SMARTS) is 1. The number of alkyl halides is 2. The molecular weight excluding hydrogens is 254 g/mol. The van der Waals surface area contributed by atoms with Crippen LogP contribution in [0, 0.1) is 0 Å². The first-order chi connectivity index (χ1) is 4.09. The van der Waals surface area contributed by atoms with Crippen LogP contribution in [0.4, 0.5) is 0 Å². The average molecular weight is 261 g/mol. The number of carboxylic acids is 1. The quantitative estimate of drug-likeness (QED) is 0.729. The zero-order valence-corrected chi connectivity index (χ0v) is 7.72. The predicted molar refractivity (Wildman–Crippen MR) is 42.1 cm³/mol. The van der Waals surface area contributed by atoms with Crippen molar-refractivity contribution in [2.45, 2.75) is 9.65 Å². The molecule has 0 aromatic carbocycles. The second kappa shape index (κ2) is 4.24. The van der Waals surface area contributed by atoms with E-state index in [1.807, 2.05) is 0 Å². The van der Waals surface area contributed by atoms with Crippen LogP contribution in [0.25, 0.3) is 0 Å². The number of carbonyl (C=O) groups is 1. The maximum Gasteiger partial charge on any atom is 0.318 e. The van der Waals surface area contributed by atoms with Crippen molar-refractivity contribution in [3.63, 3.8) is 0 Å². The standard InChI is InChI=1S/C4H7Br2NO2/c5-2(1-7)3(6)4(8)9/h2-3H,1,7H2,(H,8,9). The van der Waals surface area contributed by atoms with Crippen LogP contribution < -0.4 is 5.73 Å². The van der Waals surface area contributed by atoms with Gasteiger partial charge in [-0.1, -0.05) is 31.9 Å². The normalized spacial score (nSPS) is 16.8. The highest BCUT2D eigenvalue weighted by molar-refractivity contribution is 9.12. The molecule has 54 valence electrons. The second-order valence-electron chi connectivity index (χ2n) is 1.49. The lowest BCUT2D eigenvalue weighted by Gasteiger charge is -2.08. The lowest BCUT2D eigenvalue weighted by Crippen LogP contribution is -2.29. The molecule has 0 rings (SSSR count). The summed E-state index contributed by atoms with van der Waals surface area (Å²) < 4.78 is 0. The maximum absolute atomic E-state index is 10.2. The van der Waals surface area contributed by atoms with Gasteiger partial charge in [0.2, 0.25) is 0 Å². The van der Waals surface area contributed by atoms with Crippen molar-refractivity contribution < 1.29 is 9.90 Å². The molecule has 0 spiro atoms. The summed E-state index contributed by atoms with van der Waals surface area (Å²) in [5.41, 5.74) is 5.17. The molecule has 2 unspecified atom stereocenters. The van der Waals surface area contributed by atoms with Crippen molar-refractivity contribution in [2.24, 2.45) is 5.73 Å². The highest BCUT2D eigenvalue weighted by Crippen LogP contribution is 2.12. The summed E-state index contributed by atoms with van der Waals surface area (Å²) in [5.74, 6) is -0.901. The van der Waals surface area contributed by atoms with Gasteiger partial charge in [0.25, 0.3) is 0 Å². The molecule has 0 aromatic heterocycles. The van der Waals surface area contributed by atoms with E-state index < -0.39 is 10.8 Å². The zero-order chi connectivity index (χ0) is 7.44. The highest BCUT2D eigenvalue weighted by Gasteiger charge is 2.20. The first-order valence-electron chi connectivity index (χ1n) is 2.30. The van der Waals surface area contributed by atoms with E-state index in [9.17, 15) is 4.79 Å². The van der Waals surface area contributed by atoms with E-state index in [0.29, 0.717) is 6.54 Å². The number of nitrogens with two attached hydrogens (primary N) is 1. The van der Waals surface area contributed by atoms with E-state index in [1.165, 1.54) is 0 Å². The summed E-state index contributed by atoms with van der Waals surface area (Å²) in [6, 6.07) is 0. The molecule has 0 bridgehead atoms. The fourth-order valence-electron chi connectivity index (χ4n) is 0.274. The number of hydrogen-bond acceptors (Lipinski definition) is 2. The minimum absolute atomic E-state index is 0.199. The largest absolute Gasteiger partial charge is 0.480 e. The Hall–Kier alpha value is 0.390. The number of hydrogen-bond donors (Lipinski definition) is 2. The van der Waals surface area contributed by atoms with Crippen molar-refractivity contribution >= 4 is 37.8 Å². The third kappa shape index (κ3) is 3.17. The van der Waals surface area contributed by atoms with E-state index in [0.717, 1.165) is 0 Å². The van der Waals surface area contributed by atoms with Crippen molar-refractivity contribution in [1.82, 2.24) is 0 Å². The molecule has 0 aliphatic heterocycles. The van der Waals surface area contributed by atoms with Crippen LogP contribution in [-0.4, -0.2) is 27.3 Å². The Labute approximate surface area is 69.9 Å². The van der Waals surface area contributed by atoms with E-state index in [1.54, 1.807) is 0 Å². The van der Waals surface area contributed by atoms with E-state index >= 15 is 0 Å².